The molecule has 2 aromatic rings. The Morgan fingerprint density at radius 3 is 2.29 bits per heavy atom. The Morgan fingerprint density at radius 2 is 1.76 bits per heavy atom. The van der Waals surface area contributed by atoms with Crippen molar-refractivity contribution in [2.75, 3.05) is 0 Å². The Hall–Kier alpha value is -2.37. The highest BCUT2D eigenvalue weighted by Crippen LogP contribution is 2.49. The third-order valence-corrected chi connectivity index (χ3v) is 7.80. The Morgan fingerprint density at radius 1 is 1.15 bits per heavy atom. The van der Waals surface area contributed by atoms with E-state index in [2.05, 4.69) is 20.8 Å². The van der Waals surface area contributed by atoms with Crippen LogP contribution in [0.3, 0.4) is 0 Å². The standard InChI is InChI=1S/C27H30Cl2N2O3/c1-16(17-5-7-18(8-6-17)24(29)33)31-25(34)23(19-13-21(28)15-22(32)14-19)30-27(31)11-9-20(10-12-27)26(2,3)4/h5-8,13-16,20,32H,9-12H2,1-4H3. The van der Waals surface area contributed by atoms with Crippen molar-refractivity contribution in [3.8, 4) is 5.75 Å². The smallest absolute Gasteiger partial charge is 0.275 e. The number of benzene rings is 2. The van der Waals surface area contributed by atoms with Crippen molar-refractivity contribution >= 4 is 40.1 Å². The van der Waals surface area contributed by atoms with Gasteiger partial charge in [0.15, 0.2) is 0 Å². The van der Waals surface area contributed by atoms with Gasteiger partial charge >= 0.3 is 0 Å². The average molecular weight is 501 g/mol. The number of phenols is 1. The molecule has 1 aliphatic heterocycles. The first-order valence-electron chi connectivity index (χ1n) is 11.6. The van der Waals surface area contributed by atoms with Crippen molar-refractivity contribution in [1.29, 1.82) is 0 Å². The summed E-state index contributed by atoms with van der Waals surface area (Å²) in [6, 6.07) is 11.4. The summed E-state index contributed by atoms with van der Waals surface area (Å²) in [5.41, 5.74) is 1.69. The number of carbonyl (C=O) groups excluding carboxylic acids is 2. The van der Waals surface area contributed by atoms with Crippen LogP contribution in [0.2, 0.25) is 5.02 Å². The highest BCUT2D eigenvalue weighted by atomic mass is 35.5. The molecule has 1 heterocycles. The van der Waals surface area contributed by atoms with Crippen molar-refractivity contribution in [2.45, 2.75) is 65.1 Å². The Kier molecular flexibility index (Phi) is 6.56. The SMILES string of the molecule is CC(c1ccc(C(=O)Cl)cc1)N1C(=O)C(c2cc(O)cc(Cl)c2)=NC12CCC(C(C)(C)C)CC2. The monoisotopic (exact) mass is 500 g/mol. The minimum absolute atomic E-state index is 0.00341. The van der Waals surface area contributed by atoms with Crippen LogP contribution in [0, 0.1) is 11.3 Å². The summed E-state index contributed by atoms with van der Waals surface area (Å²) in [5, 5.41) is 9.92. The molecule has 1 aliphatic carbocycles. The van der Waals surface area contributed by atoms with Crippen molar-refractivity contribution in [3.63, 3.8) is 0 Å². The molecule has 1 N–H and O–H groups in total. The lowest BCUT2D eigenvalue weighted by molar-refractivity contribution is -0.132. The number of aliphatic imine (C=N–C) groups is 1. The van der Waals surface area contributed by atoms with Gasteiger partial charge in [0.1, 0.15) is 17.1 Å². The fraction of sp³-hybridized carbons (Fsp3) is 0.444. The fourth-order valence-electron chi connectivity index (χ4n) is 5.39. The highest BCUT2D eigenvalue weighted by molar-refractivity contribution is 6.67. The minimum atomic E-state index is -0.660. The van der Waals surface area contributed by atoms with E-state index < -0.39 is 10.9 Å². The van der Waals surface area contributed by atoms with Crippen molar-refractivity contribution in [3.05, 3.63) is 64.2 Å². The second-order valence-electron chi connectivity index (χ2n) is 10.5. The quantitative estimate of drug-likeness (QED) is 0.471. The molecule has 1 unspecified atom stereocenters. The summed E-state index contributed by atoms with van der Waals surface area (Å²) in [6.45, 7) is 8.78. The Balaban J connectivity index is 1.74. The van der Waals surface area contributed by atoms with Gasteiger partial charge in [0, 0.05) is 16.1 Å². The lowest BCUT2D eigenvalue weighted by Crippen LogP contribution is -2.50. The number of phenolic OH excluding ortho intramolecular Hbond substituents is 1. The molecule has 0 radical (unpaired) electrons. The van der Waals surface area contributed by atoms with E-state index in [9.17, 15) is 14.7 Å². The molecule has 1 amide bonds. The van der Waals surface area contributed by atoms with Crippen LogP contribution >= 0.6 is 23.2 Å². The molecular weight excluding hydrogens is 471 g/mol. The number of halogens is 2. The second-order valence-corrected chi connectivity index (χ2v) is 11.3. The zero-order valence-corrected chi connectivity index (χ0v) is 21.5. The molecule has 1 atom stereocenters. The molecule has 0 saturated heterocycles. The van der Waals surface area contributed by atoms with Gasteiger partial charge in [-0.25, -0.2) is 0 Å². The van der Waals surface area contributed by atoms with Crippen LogP contribution in [0.5, 0.6) is 5.75 Å². The zero-order chi connectivity index (χ0) is 24.8. The summed E-state index contributed by atoms with van der Waals surface area (Å²) in [7, 11) is 0. The van der Waals surface area contributed by atoms with Crippen LogP contribution in [0.15, 0.2) is 47.5 Å². The van der Waals surface area contributed by atoms with Crippen molar-refractivity contribution in [1.82, 2.24) is 4.90 Å². The van der Waals surface area contributed by atoms with Gasteiger partial charge in [-0.3, -0.25) is 14.6 Å². The third kappa shape index (κ3) is 4.60. The Bertz CT molecular complexity index is 1120. The van der Waals surface area contributed by atoms with Gasteiger partial charge in [0.25, 0.3) is 11.1 Å². The van der Waals surface area contributed by atoms with E-state index in [1.807, 2.05) is 24.0 Å². The maximum atomic E-state index is 13.9. The van der Waals surface area contributed by atoms with Crippen LogP contribution in [0.1, 0.15) is 80.9 Å². The van der Waals surface area contributed by atoms with Gasteiger partial charge in [-0.2, -0.15) is 0 Å². The summed E-state index contributed by atoms with van der Waals surface area (Å²) in [5.74, 6) is 0.367. The topological polar surface area (TPSA) is 70.0 Å². The molecule has 2 aromatic carbocycles. The molecule has 34 heavy (non-hydrogen) atoms. The molecule has 180 valence electrons. The molecule has 1 spiro atoms. The molecular formula is C27H30Cl2N2O3. The molecule has 1 saturated carbocycles. The minimum Gasteiger partial charge on any atom is -0.508 e. The normalized spacial score (nSPS) is 23.8. The molecule has 5 nitrogen and oxygen atoms in total. The van der Waals surface area contributed by atoms with Gasteiger partial charge < -0.3 is 10.0 Å². The molecule has 7 heteroatoms. The number of rotatable bonds is 4. The molecule has 0 aromatic heterocycles. The van der Waals surface area contributed by atoms with Crippen LogP contribution in [-0.4, -0.2) is 32.5 Å². The highest BCUT2D eigenvalue weighted by Gasteiger charge is 2.52. The maximum Gasteiger partial charge on any atom is 0.275 e. The largest absolute Gasteiger partial charge is 0.508 e. The first-order valence-corrected chi connectivity index (χ1v) is 12.4. The molecule has 0 bridgehead atoms. The summed E-state index contributed by atoms with van der Waals surface area (Å²) in [4.78, 5) is 32.3. The lowest BCUT2D eigenvalue weighted by atomic mass is 9.69. The van der Waals surface area contributed by atoms with Gasteiger partial charge in [0.2, 0.25) is 0 Å². The second kappa shape index (κ2) is 9.01. The lowest BCUT2D eigenvalue weighted by Gasteiger charge is -2.46. The van der Waals surface area contributed by atoms with E-state index in [4.69, 9.17) is 28.2 Å². The predicted molar refractivity (Wildman–Crippen MR) is 136 cm³/mol. The van der Waals surface area contributed by atoms with Gasteiger partial charge in [0.05, 0.1) is 6.04 Å². The van der Waals surface area contributed by atoms with E-state index in [0.29, 0.717) is 27.8 Å². The predicted octanol–water partition coefficient (Wildman–Crippen LogP) is 6.75. The average Bonchev–Trinajstić information content (AvgIpc) is 3.04. The van der Waals surface area contributed by atoms with Crippen molar-refractivity contribution < 1.29 is 14.7 Å². The van der Waals surface area contributed by atoms with E-state index in [-0.39, 0.29) is 23.1 Å². The number of aromatic hydroxyl groups is 1. The number of hydrogen-bond donors (Lipinski definition) is 1. The molecule has 1 fully saturated rings. The van der Waals surface area contributed by atoms with Gasteiger partial charge in [-0.05, 0) is 91.4 Å². The van der Waals surface area contributed by atoms with E-state index in [1.54, 1.807) is 18.2 Å². The first-order chi connectivity index (χ1) is 15.9. The molecule has 4 rings (SSSR count). The first kappa shape index (κ1) is 24.7. The van der Waals surface area contributed by atoms with Crippen LogP contribution in [-0.2, 0) is 4.79 Å². The summed E-state index contributed by atoms with van der Waals surface area (Å²) in [6.07, 6.45) is 3.47. The fourth-order valence-corrected chi connectivity index (χ4v) is 5.74. The van der Waals surface area contributed by atoms with Crippen LogP contribution < -0.4 is 0 Å². The Labute approximate surface area is 210 Å². The molecule has 2 aliphatic rings. The van der Waals surface area contributed by atoms with Crippen LogP contribution in [0.25, 0.3) is 0 Å². The van der Waals surface area contributed by atoms with E-state index in [1.165, 1.54) is 12.1 Å². The number of amides is 1. The van der Waals surface area contributed by atoms with E-state index >= 15 is 0 Å². The summed E-state index contributed by atoms with van der Waals surface area (Å²) < 4.78 is 0. The van der Waals surface area contributed by atoms with Crippen molar-refractivity contribution in [2.24, 2.45) is 16.3 Å². The zero-order valence-electron chi connectivity index (χ0n) is 19.9. The summed E-state index contributed by atoms with van der Waals surface area (Å²) >= 11 is 11.8. The van der Waals surface area contributed by atoms with Gasteiger partial charge in [-0.1, -0.05) is 44.5 Å². The number of carbonyl (C=O) groups is 2. The number of nitrogens with zero attached hydrogens (tertiary/aromatic N) is 2. The number of hydrogen-bond acceptors (Lipinski definition) is 4. The maximum absolute atomic E-state index is 13.9. The van der Waals surface area contributed by atoms with Gasteiger partial charge in [-0.15, -0.1) is 0 Å². The van der Waals surface area contributed by atoms with E-state index in [0.717, 1.165) is 31.2 Å². The van der Waals surface area contributed by atoms with Crippen LogP contribution in [0.4, 0.5) is 0 Å². The third-order valence-electron chi connectivity index (χ3n) is 7.36.